The molecule has 0 radical (unpaired) electrons. The molecule has 0 saturated carbocycles. The highest BCUT2D eigenvalue weighted by Gasteiger charge is 1.96. The van der Waals surface area contributed by atoms with Crippen LogP contribution in [0.1, 0.15) is 17.7 Å². The highest BCUT2D eigenvalue weighted by molar-refractivity contribution is 6.30. The van der Waals surface area contributed by atoms with Crippen LogP contribution < -0.4 is 0 Å². The van der Waals surface area contributed by atoms with Gasteiger partial charge in [0.1, 0.15) is 5.15 Å². The number of nitriles is 1. The lowest BCUT2D eigenvalue weighted by Crippen LogP contribution is -1.85. The van der Waals surface area contributed by atoms with Gasteiger partial charge in [-0.3, -0.25) is 0 Å². The van der Waals surface area contributed by atoms with Crippen LogP contribution in [0, 0.1) is 30.1 Å². The standard InChI is InChI=1S/C10H7ClN2/c1-8-5-6-9(10(11)13-8)4-2-3-7-12/h5-6H,3H2,1H3. The third kappa shape index (κ3) is 2.78. The molecule has 2 nitrogen and oxygen atoms in total. The second kappa shape index (κ2) is 4.50. The summed E-state index contributed by atoms with van der Waals surface area (Å²) in [6.07, 6.45) is 0.213. The van der Waals surface area contributed by atoms with E-state index in [9.17, 15) is 0 Å². The number of rotatable bonds is 0. The average Bonchev–Trinajstić information content (AvgIpc) is 2.09. The molecule has 0 aliphatic carbocycles. The maximum absolute atomic E-state index is 8.26. The molecule has 3 heteroatoms. The lowest BCUT2D eigenvalue weighted by atomic mass is 10.2. The third-order valence-electron chi connectivity index (χ3n) is 1.38. The third-order valence-corrected chi connectivity index (χ3v) is 1.67. The van der Waals surface area contributed by atoms with Crippen molar-refractivity contribution in [3.05, 3.63) is 28.5 Å². The minimum absolute atomic E-state index is 0.213. The van der Waals surface area contributed by atoms with Crippen LogP contribution in [0.2, 0.25) is 5.15 Å². The van der Waals surface area contributed by atoms with Gasteiger partial charge in [0.2, 0.25) is 0 Å². The van der Waals surface area contributed by atoms with Gasteiger partial charge in [0.15, 0.2) is 0 Å². The van der Waals surface area contributed by atoms with Crippen molar-refractivity contribution < 1.29 is 0 Å². The smallest absolute Gasteiger partial charge is 0.144 e. The Balaban J connectivity index is 2.93. The second-order valence-corrected chi connectivity index (χ2v) is 2.79. The van der Waals surface area contributed by atoms with Crippen molar-refractivity contribution in [2.24, 2.45) is 0 Å². The molecule has 64 valence electrons. The number of hydrogen-bond donors (Lipinski definition) is 0. The van der Waals surface area contributed by atoms with Gasteiger partial charge in [-0.15, -0.1) is 0 Å². The Morgan fingerprint density at radius 3 is 2.92 bits per heavy atom. The van der Waals surface area contributed by atoms with Gasteiger partial charge in [-0.2, -0.15) is 5.26 Å². The highest BCUT2D eigenvalue weighted by atomic mass is 35.5. The first-order valence-electron chi connectivity index (χ1n) is 3.73. The van der Waals surface area contributed by atoms with Crippen molar-refractivity contribution in [3.63, 3.8) is 0 Å². The maximum atomic E-state index is 8.26. The molecule has 1 aromatic rings. The van der Waals surface area contributed by atoms with Gasteiger partial charge in [0.25, 0.3) is 0 Å². The SMILES string of the molecule is Cc1ccc(C#CCC#N)c(Cl)n1. The summed E-state index contributed by atoms with van der Waals surface area (Å²) in [6, 6.07) is 5.57. The van der Waals surface area contributed by atoms with E-state index in [1.54, 1.807) is 6.07 Å². The predicted molar refractivity (Wildman–Crippen MR) is 51.1 cm³/mol. The molecule has 1 rings (SSSR count). The molecule has 13 heavy (non-hydrogen) atoms. The molecular formula is C10H7ClN2. The molecule has 0 aliphatic heterocycles. The van der Waals surface area contributed by atoms with Crippen LogP contribution in [0.3, 0.4) is 0 Å². The van der Waals surface area contributed by atoms with E-state index in [1.165, 1.54) is 0 Å². The number of nitrogens with zero attached hydrogens (tertiary/aromatic N) is 2. The van der Waals surface area contributed by atoms with Crippen LogP contribution in [0.4, 0.5) is 0 Å². The Hall–Kier alpha value is -1.51. The molecule has 0 atom stereocenters. The second-order valence-electron chi connectivity index (χ2n) is 2.43. The summed E-state index contributed by atoms with van der Waals surface area (Å²) >= 11 is 5.81. The first-order valence-corrected chi connectivity index (χ1v) is 4.11. The number of aryl methyl sites for hydroxylation is 1. The molecule has 0 aliphatic rings. The summed E-state index contributed by atoms with van der Waals surface area (Å²) in [6.45, 7) is 1.86. The zero-order valence-corrected chi connectivity index (χ0v) is 7.89. The maximum Gasteiger partial charge on any atom is 0.144 e. The van der Waals surface area contributed by atoms with Crippen LogP contribution in [-0.2, 0) is 0 Å². The van der Waals surface area contributed by atoms with Crippen LogP contribution in [0.15, 0.2) is 12.1 Å². The Kier molecular flexibility index (Phi) is 3.31. The molecule has 0 aromatic carbocycles. The van der Waals surface area contributed by atoms with Crippen molar-refractivity contribution in [2.45, 2.75) is 13.3 Å². The van der Waals surface area contributed by atoms with E-state index in [0.29, 0.717) is 10.7 Å². The van der Waals surface area contributed by atoms with Gasteiger partial charge >= 0.3 is 0 Å². The van der Waals surface area contributed by atoms with Gasteiger partial charge in [0.05, 0.1) is 18.1 Å². The predicted octanol–water partition coefficient (Wildman–Crippen LogP) is 2.31. The Labute approximate surface area is 82.2 Å². The molecule has 0 N–H and O–H groups in total. The molecule has 0 amide bonds. The number of hydrogen-bond acceptors (Lipinski definition) is 2. The largest absolute Gasteiger partial charge is 0.240 e. The summed E-state index contributed by atoms with van der Waals surface area (Å²) in [5.41, 5.74) is 1.53. The molecular weight excluding hydrogens is 184 g/mol. The van der Waals surface area contributed by atoms with E-state index in [0.717, 1.165) is 5.69 Å². The highest BCUT2D eigenvalue weighted by Crippen LogP contribution is 2.11. The fourth-order valence-corrected chi connectivity index (χ4v) is 1.04. The van der Waals surface area contributed by atoms with Crippen LogP contribution >= 0.6 is 11.6 Å². The Bertz CT molecular complexity index is 407. The van der Waals surface area contributed by atoms with Crippen LogP contribution in [0.5, 0.6) is 0 Å². The number of halogens is 1. The van der Waals surface area contributed by atoms with E-state index >= 15 is 0 Å². The summed E-state index contributed by atoms with van der Waals surface area (Å²) in [4.78, 5) is 4.03. The monoisotopic (exact) mass is 190 g/mol. The first-order chi connectivity index (χ1) is 6.24. The minimum Gasteiger partial charge on any atom is -0.240 e. The van der Waals surface area contributed by atoms with E-state index in [4.69, 9.17) is 16.9 Å². The van der Waals surface area contributed by atoms with E-state index in [-0.39, 0.29) is 6.42 Å². The first kappa shape index (κ1) is 9.58. The fraction of sp³-hybridized carbons (Fsp3) is 0.200. The van der Waals surface area contributed by atoms with Crippen molar-refractivity contribution in [1.82, 2.24) is 4.98 Å². The summed E-state index contributed by atoms with van der Waals surface area (Å²) < 4.78 is 0. The van der Waals surface area contributed by atoms with Crippen molar-refractivity contribution in [1.29, 1.82) is 5.26 Å². The topological polar surface area (TPSA) is 36.7 Å². The molecule has 0 unspecified atom stereocenters. The van der Waals surface area contributed by atoms with Crippen molar-refractivity contribution >= 4 is 11.6 Å². The van der Waals surface area contributed by atoms with Gasteiger partial charge < -0.3 is 0 Å². The summed E-state index contributed by atoms with van der Waals surface area (Å²) in [7, 11) is 0. The minimum atomic E-state index is 0.213. The molecule has 0 fully saturated rings. The lowest BCUT2D eigenvalue weighted by Gasteiger charge is -1.95. The number of pyridine rings is 1. The molecule has 0 saturated heterocycles. The normalized spacial score (nSPS) is 8.38. The van der Waals surface area contributed by atoms with E-state index in [1.807, 2.05) is 19.1 Å². The molecule has 0 spiro atoms. The van der Waals surface area contributed by atoms with Crippen LogP contribution in [-0.4, -0.2) is 4.98 Å². The van der Waals surface area contributed by atoms with Gasteiger partial charge in [-0.1, -0.05) is 23.4 Å². The van der Waals surface area contributed by atoms with Gasteiger partial charge in [-0.05, 0) is 19.1 Å². The van der Waals surface area contributed by atoms with E-state index < -0.39 is 0 Å². The lowest BCUT2D eigenvalue weighted by molar-refractivity contribution is 1.19. The van der Waals surface area contributed by atoms with E-state index in [2.05, 4.69) is 16.8 Å². The zero-order valence-electron chi connectivity index (χ0n) is 7.13. The fourth-order valence-electron chi connectivity index (χ4n) is 0.797. The van der Waals surface area contributed by atoms with Gasteiger partial charge in [-0.25, -0.2) is 4.98 Å². The molecule has 0 bridgehead atoms. The molecule has 1 aromatic heterocycles. The summed E-state index contributed by atoms with van der Waals surface area (Å²) in [5, 5.41) is 8.65. The Morgan fingerprint density at radius 2 is 2.31 bits per heavy atom. The van der Waals surface area contributed by atoms with Gasteiger partial charge in [0, 0.05) is 5.69 Å². The van der Waals surface area contributed by atoms with Crippen molar-refractivity contribution in [2.75, 3.05) is 0 Å². The summed E-state index contributed by atoms with van der Waals surface area (Å²) in [5.74, 6) is 5.45. The quantitative estimate of drug-likeness (QED) is 0.465. The average molecular weight is 191 g/mol. The Morgan fingerprint density at radius 1 is 1.54 bits per heavy atom. The zero-order chi connectivity index (χ0) is 9.68. The number of aromatic nitrogens is 1. The van der Waals surface area contributed by atoms with Crippen molar-refractivity contribution in [3.8, 4) is 17.9 Å². The van der Waals surface area contributed by atoms with Crippen LogP contribution in [0.25, 0.3) is 0 Å². The molecule has 1 heterocycles.